The van der Waals surface area contributed by atoms with Crippen molar-refractivity contribution in [2.45, 2.75) is 32.6 Å². The molecule has 0 aromatic carbocycles. The number of rotatable bonds is 3. The third kappa shape index (κ3) is 2.61. The Balaban J connectivity index is 1.98. The molecule has 0 radical (unpaired) electrons. The van der Waals surface area contributed by atoms with Gasteiger partial charge in [-0.05, 0) is 36.5 Å². The molecule has 0 N–H and O–H groups in total. The summed E-state index contributed by atoms with van der Waals surface area (Å²) in [6.45, 7) is 2.30. The predicted octanol–water partition coefficient (Wildman–Crippen LogP) is 2.58. The topological polar surface area (TPSA) is 0 Å². The molecule has 1 rings (SSSR count). The van der Waals surface area contributed by atoms with Gasteiger partial charge in [-0.25, -0.2) is 0 Å². The van der Waals surface area contributed by atoms with Gasteiger partial charge in [0.15, 0.2) is 0 Å². The first-order valence-corrected chi connectivity index (χ1v) is 6.05. The van der Waals surface area contributed by atoms with Gasteiger partial charge in [0.05, 0.1) is 0 Å². The lowest BCUT2D eigenvalue weighted by Gasteiger charge is -2.11. The fraction of sp³-hybridized carbons (Fsp3) is 1.00. The van der Waals surface area contributed by atoms with Crippen molar-refractivity contribution in [2.75, 3.05) is 17.3 Å². The van der Waals surface area contributed by atoms with Crippen LogP contribution in [-0.4, -0.2) is 17.3 Å². The van der Waals surface area contributed by atoms with Gasteiger partial charge in [0.2, 0.25) is 0 Å². The fourth-order valence-corrected chi connectivity index (χ4v) is 4.16. The summed E-state index contributed by atoms with van der Waals surface area (Å²) in [6, 6.07) is 0. The van der Waals surface area contributed by atoms with Gasteiger partial charge in [0, 0.05) is 0 Å². The highest BCUT2D eigenvalue weighted by molar-refractivity contribution is 8.17. The smallest absolute Gasteiger partial charge is 0.0253 e. The highest BCUT2D eigenvalue weighted by atomic mass is 32.2. The maximum absolute atomic E-state index is 2.30. The van der Waals surface area contributed by atoms with Crippen molar-refractivity contribution in [3.63, 3.8) is 0 Å². The molecule has 0 aromatic rings. The molecule has 0 aromatic heterocycles. The fourth-order valence-electron chi connectivity index (χ4n) is 1.39. The molecule has 9 heavy (non-hydrogen) atoms. The van der Waals surface area contributed by atoms with E-state index in [1.807, 2.05) is 0 Å². The van der Waals surface area contributed by atoms with Crippen molar-refractivity contribution >= 4 is 10.9 Å². The second-order valence-electron chi connectivity index (χ2n) is 2.90. The summed E-state index contributed by atoms with van der Waals surface area (Å²) >= 11 is 0. The Bertz CT molecular complexity index is 65.0. The minimum Gasteiger partial charge on any atom is -0.253 e. The van der Waals surface area contributed by atoms with E-state index < -0.39 is 0 Å². The van der Waals surface area contributed by atoms with E-state index in [2.05, 4.69) is 6.92 Å². The van der Waals surface area contributed by atoms with Gasteiger partial charge in [0.25, 0.3) is 0 Å². The van der Waals surface area contributed by atoms with Gasteiger partial charge in [-0.1, -0.05) is 13.3 Å². The van der Waals surface area contributed by atoms with Crippen LogP contribution in [0.1, 0.15) is 32.6 Å². The van der Waals surface area contributed by atoms with Crippen molar-refractivity contribution in [2.24, 2.45) is 0 Å². The van der Waals surface area contributed by atoms with Crippen LogP contribution in [-0.2, 0) is 0 Å². The highest BCUT2D eigenvalue weighted by Crippen LogP contribution is 2.34. The molecule has 0 aliphatic carbocycles. The Morgan fingerprint density at radius 1 is 1.22 bits per heavy atom. The molecule has 56 valence electrons. The van der Waals surface area contributed by atoms with Crippen LogP contribution < -0.4 is 0 Å². The standard InChI is InChI=1S/C8H18S/c1-2-3-6-9-7-4-5-8-9/h9H,2-8H2,1H3. The van der Waals surface area contributed by atoms with Crippen LogP contribution in [0.2, 0.25) is 0 Å². The third-order valence-electron chi connectivity index (χ3n) is 2.03. The Morgan fingerprint density at radius 2 is 1.89 bits per heavy atom. The molecular weight excluding hydrogens is 128 g/mol. The van der Waals surface area contributed by atoms with Crippen LogP contribution >= 0.6 is 10.9 Å². The van der Waals surface area contributed by atoms with Crippen molar-refractivity contribution in [3.05, 3.63) is 0 Å². The minimum atomic E-state index is 0.549. The van der Waals surface area contributed by atoms with E-state index in [1.165, 1.54) is 25.7 Å². The predicted molar refractivity (Wildman–Crippen MR) is 47.7 cm³/mol. The van der Waals surface area contributed by atoms with Gasteiger partial charge in [-0.2, -0.15) is 0 Å². The van der Waals surface area contributed by atoms with Gasteiger partial charge in [-0.15, -0.1) is 0 Å². The maximum atomic E-state index is 2.30. The zero-order chi connectivity index (χ0) is 6.53. The molecule has 0 amide bonds. The van der Waals surface area contributed by atoms with Crippen molar-refractivity contribution in [3.8, 4) is 0 Å². The normalized spacial score (nSPS) is 23.0. The van der Waals surface area contributed by atoms with Crippen molar-refractivity contribution in [1.29, 1.82) is 0 Å². The zero-order valence-corrected chi connectivity index (χ0v) is 7.29. The highest BCUT2D eigenvalue weighted by Gasteiger charge is 2.08. The van der Waals surface area contributed by atoms with E-state index in [1.54, 1.807) is 17.3 Å². The van der Waals surface area contributed by atoms with Crippen LogP contribution in [0.5, 0.6) is 0 Å². The van der Waals surface area contributed by atoms with Crippen LogP contribution in [0.25, 0.3) is 0 Å². The first-order valence-electron chi connectivity index (χ1n) is 4.16. The lowest BCUT2D eigenvalue weighted by molar-refractivity contribution is 0.894. The first kappa shape index (κ1) is 7.46. The van der Waals surface area contributed by atoms with Gasteiger partial charge < -0.3 is 0 Å². The molecule has 1 heteroatoms. The summed E-state index contributed by atoms with van der Waals surface area (Å²) in [6.07, 6.45) is 5.97. The number of hydrogen-bond donors (Lipinski definition) is 1. The Hall–Kier alpha value is 0.350. The van der Waals surface area contributed by atoms with Crippen LogP contribution in [0.3, 0.4) is 0 Å². The maximum Gasteiger partial charge on any atom is -0.0253 e. The van der Waals surface area contributed by atoms with E-state index in [9.17, 15) is 0 Å². The van der Waals surface area contributed by atoms with Gasteiger partial charge in [0.1, 0.15) is 0 Å². The first-order chi connectivity index (χ1) is 4.43. The molecule has 0 bridgehead atoms. The molecular formula is C8H18S. The molecule has 1 saturated heterocycles. The molecule has 1 aliphatic rings. The summed E-state index contributed by atoms with van der Waals surface area (Å²) in [4.78, 5) is 0. The molecule has 0 spiro atoms. The quantitative estimate of drug-likeness (QED) is 0.581. The van der Waals surface area contributed by atoms with Crippen LogP contribution in [0.15, 0.2) is 0 Å². The molecule has 1 fully saturated rings. The summed E-state index contributed by atoms with van der Waals surface area (Å²) in [7, 11) is 0.549. The minimum absolute atomic E-state index is 0.549. The van der Waals surface area contributed by atoms with E-state index in [0.29, 0.717) is 10.9 Å². The zero-order valence-electron chi connectivity index (χ0n) is 6.40. The van der Waals surface area contributed by atoms with Gasteiger partial charge in [-0.3, -0.25) is 10.9 Å². The average molecular weight is 146 g/mol. The molecule has 1 aliphatic heterocycles. The summed E-state index contributed by atoms with van der Waals surface area (Å²) in [5, 5.41) is 0. The lowest BCUT2D eigenvalue weighted by atomic mass is 10.4. The van der Waals surface area contributed by atoms with Crippen LogP contribution in [0, 0.1) is 0 Å². The number of hydrogen-bond acceptors (Lipinski definition) is 0. The second kappa shape index (κ2) is 4.21. The molecule has 0 nitrogen and oxygen atoms in total. The Kier molecular flexibility index (Phi) is 3.49. The number of unbranched alkanes of at least 4 members (excludes halogenated alkanes) is 1. The van der Waals surface area contributed by atoms with E-state index in [-0.39, 0.29) is 0 Å². The summed E-state index contributed by atoms with van der Waals surface area (Å²) in [5.41, 5.74) is 0. The van der Waals surface area contributed by atoms with E-state index >= 15 is 0 Å². The summed E-state index contributed by atoms with van der Waals surface area (Å²) in [5.74, 6) is 4.76. The third-order valence-corrected chi connectivity index (χ3v) is 4.87. The molecule has 0 saturated carbocycles. The van der Waals surface area contributed by atoms with Crippen molar-refractivity contribution < 1.29 is 0 Å². The Morgan fingerprint density at radius 3 is 2.44 bits per heavy atom. The van der Waals surface area contributed by atoms with E-state index in [0.717, 1.165) is 0 Å². The number of thiol groups is 1. The van der Waals surface area contributed by atoms with Crippen molar-refractivity contribution in [1.82, 2.24) is 0 Å². The van der Waals surface area contributed by atoms with Crippen LogP contribution in [0.4, 0.5) is 0 Å². The molecule has 0 unspecified atom stereocenters. The second-order valence-corrected chi connectivity index (χ2v) is 5.59. The molecule has 0 atom stereocenters. The summed E-state index contributed by atoms with van der Waals surface area (Å²) < 4.78 is 0. The Labute approximate surface area is 61.4 Å². The van der Waals surface area contributed by atoms with E-state index in [4.69, 9.17) is 0 Å². The lowest BCUT2D eigenvalue weighted by Crippen LogP contribution is -1.88. The largest absolute Gasteiger partial charge is 0.253 e. The average Bonchev–Trinajstić information content (AvgIpc) is 2.34. The molecule has 1 heterocycles. The van der Waals surface area contributed by atoms with Gasteiger partial charge >= 0.3 is 0 Å². The monoisotopic (exact) mass is 146 g/mol. The SMILES string of the molecule is CCCC[SH]1CCCC1.